The molecule has 0 aromatic heterocycles. The first-order chi connectivity index (χ1) is 15.0. The van der Waals surface area contributed by atoms with Crippen LogP contribution in [0.3, 0.4) is 0 Å². The lowest BCUT2D eigenvalue weighted by Gasteiger charge is -2.47. The molecule has 0 amide bonds. The molecule has 0 radical (unpaired) electrons. The molecule has 2 saturated heterocycles. The van der Waals surface area contributed by atoms with E-state index in [0.29, 0.717) is 19.5 Å². The highest BCUT2D eigenvalue weighted by Crippen LogP contribution is 2.49. The molecule has 34 heavy (non-hydrogen) atoms. The molecule has 2 heterocycles. The summed E-state index contributed by atoms with van der Waals surface area (Å²) in [4.78, 5) is 6.83. The molecule has 202 valence electrons. The highest BCUT2D eigenvalue weighted by Gasteiger charge is 2.63. The van der Waals surface area contributed by atoms with Gasteiger partial charge in [-0.05, 0) is 95.4 Å². The van der Waals surface area contributed by atoms with E-state index in [9.17, 15) is 26.3 Å². The van der Waals surface area contributed by atoms with Gasteiger partial charge in [0.05, 0.1) is 0 Å². The molecule has 2 aliphatic heterocycles. The average molecular weight is 503 g/mol. The fraction of sp³-hybridized carbons (Fsp3) is 1.00. The normalized spacial score (nSPS) is 33.0. The van der Waals surface area contributed by atoms with E-state index in [0.717, 1.165) is 0 Å². The van der Waals surface area contributed by atoms with Gasteiger partial charge in [-0.3, -0.25) is 9.80 Å². The lowest BCUT2D eigenvalue weighted by Crippen LogP contribution is -2.60. The van der Waals surface area contributed by atoms with Gasteiger partial charge in [0.15, 0.2) is 0 Å². The van der Waals surface area contributed by atoms with Gasteiger partial charge in [0, 0.05) is 36.3 Å². The van der Waals surface area contributed by atoms with Gasteiger partial charge in [-0.15, -0.1) is 0 Å². The fourth-order valence-electron chi connectivity index (χ4n) is 5.97. The zero-order valence-corrected chi connectivity index (χ0v) is 22.5. The Morgan fingerprint density at radius 2 is 1.15 bits per heavy atom. The molecule has 2 fully saturated rings. The van der Waals surface area contributed by atoms with Gasteiger partial charge in [-0.25, -0.2) is 0 Å². The SMILES string of the molecule is CN(C)[C@H]1CN(C(C)(C)CCN(C)[C@H]2CN(C(C)(C)C)C(C)(C(F)(F)F)C2)[C@](C)(C(F)(F)F)C1. The first-order valence-corrected chi connectivity index (χ1v) is 12.0. The summed E-state index contributed by atoms with van der Waals surface area (Å²) in [6.45, 7) is 12.5. The van der Waals surface area contributed by atoms with Gasteiger partial charge in [0.25, 0.3) is 0 Å². The topological polar surface area (TPSA) is 13.0 Å². The van der Waals surface area contributed by atoms with Crippen molar-refractivity contribution in [1.82, 2.24) is 19.6 Å². The van der Waals surface area contributed by atoms with Crippen molar-refractivity contribution in [2.24, 2.45) is 0 Å². The Bertz CT molecular complexity index is 714. The van der Waals surface area contributed by atoms with Crippen molar-refractivity contribution in [3.8, 4) is 0 Å². The summed E-state index contributed by atoms with van der Waals surface area (Å²) in [6, 6.07) is -0.546. The first kappa shape index (κ1) is 29.6. The number of hydrogen-bond donors (Lipinski definition) is 0. The van der Waals surface area contributed by atoms with Crippen LogP contribution in [0, 0.1) is 0 Å². The van der Waals surface area contributed by atoms with E-state index in [2.05, 4.69) is 0 Å². The minimum Gasteiger partial charge on any atom is -0.305 e. The van der Waals surface area contributed by atoms with Crippen molar-refractivity contribution >= 4 is 0 Å². The molecule has 0 aromatic rings. The third kappa shape index (κ3) is 5.39. The summed E-state index contributed by atoms with van der Waals surface area (Å²) in [6.07, 6.45) is -8.40. The van der Waals surface area contributed by atoms with Crippen LogP contribution < -0.4 is 0 Å². The molecule has 1 unspecified atom stereocenters. The van der Waals surface area contributed by atoms with E-state index >= 15 is 0 Å². The van der Waals surface area contributed by atoms with Crippen LogP contribution in [0.25, 0.3) is 0 Å². The van der Waals surface area contributed by atoms with E-state index in [-0.39, 0.29) is 31.5 Å². The minimum absolute atomic E-state index is 0.00409. The van der Waals surface area contributed by atoms with Crippen molar-refractivity contribution < 1.29 is 26.3 Å². The Kier molecular flexibility index (Phi) is 7.90. The Labute approximate surface area is 201 Å². The molecule has 0 bridgehead atoms. The molecule has 0 saturated carbocycles. The number of halogens is 6. The van der Waals surface area contributed by atoms with Crippen molar-refractivity contribution in [2.75, 3.05) is 40.8 Å². The number of nitrogens with zero attached hydrogens (tertiary/aromatic N) is 4. The van der Waals surface area contributed by atoms with Crippen LogP contribution >= 0.6 is 0 Å². The molecule has 2 aliphatic rings. The van der Waals surface area contributed by atoms with Gasteiger partial charge in [-0.1, -0.05) is 0 Å². The zero-order valence-electron chi connectivity index (χ0n) is 22.5. The second kappa shape index (κ2) is 9.06. The summed E-state index contributed by atoms with van der Waals surface area (Å²) in [5, 5.41) is 0. The standard InChI is InChI=1S/C24H44F6N4/c1-19(2,3)33-16-18(14-21(33,6)23(25,26)27)32(10)12-11-20(4,5)34-15-17(31(8)9)13-22(34,7)24(28,29)30/h17-18H,11-16H2,1-10H3/t17-,18-,21?,22+/m1/s1. The second-order valence-electron chi connectivity index (χ2n) is 12.7. The molecule has 4 nitrogen and oxygen atoms in total. The van der Waals surface area contributed by atoms with Crippen molar-refractivity contribution in [2.45, 2.75) is 114 Å². The molecule has 10 heteroatoms. The predicted octanol–water partition coefficient (Wildman–Crippen LogP) is 5.24. The van der Waals surface area contributed by atoms with Crippen LogP contribution in [-0.4, -0.2) is 107 Å². The van der Waals surface area contributed by atoms with Crippen molar-refractivity contribution in [3.63, 3.8) is 0 Å². The lowest BCUT2D eigenvalue weighted by molar-refractivity contribution is -0.231. The molecule has 0 spiro atoms. The molecule has 4 atom stereocenters. The average Bonchev–Trinajstić information content (AvgIpc) is 3.19. The summed E-state index contributed by atoms with van der Waals surface area (Å²) < 4.78 is 84.7. The quantitative estimate of drug-likeness (QED) is 0.461. The maximum atomic E-state index is 14.2. The van der Waals surface area contributed by atoms with E-state index in [4.69, 9.17) is 0 Å². The van der Waals surface area contributed by atoms with E-state index in [1.165, 1.54) is 18.7 Å². The monoisotopic (exact) mass is 502 g/mol. The zero-order chi connectivity index (χ0) is 26.7. The van der Waals surface area contributed by atoms with E-state index < -0.39 is 34.5 Å². The van der Waals surface area contributed by atoms with Crippen LogP contribution in [0.4, 0.5) is 26.3 Å². The Hall–Kier alpha value is -0.580. The summed E-state index contributed by atoms with van der Waals surface area (Å²) in [5.41, 5.74) is -5.33. The van der Waals surface area contributed by atoms with Crippen LogP contribution in [0.1, 0.15) is 67.7 Å². The fourth-order valence-corrected chi connectivity index (χ4v) is 5.97. The minimum atomic E-state index is -4.38. The van der Waals surface area contributed by atoms with Crippen LogP contribution in [0.5, 0.6) is 0 Å². The number of alkyl halides is 6. The number of likely N-dealkylation sites (tertiary alicyclic amines) is 2. The lowest BCUT2D eigenvalue weighted by atomic mass is 9.89. The van der Waals surface area contributed by atoms with Gasteiger partial charge >= 0.3 is 12.4 Å². The maximum Gasteiger partial charge on any atom is 0.406 e. The smallest absolute Gasteiger partial charge is 0.305 e. The summed E-state index contributed by atoms with van der Waals surface area (Å²) in [5.74, 6) is 0. The second-order valence-corrected chi connectivity index (χ2v) is 12.7. The predicted molar refractivity (Wildman–Crippen MR) is 124 cm³/mol. The van der Waals surface area contributed by atoms with Gasteiger partial charge in [0.1, 0.15) is 11.1 Å². The van der Waals surface area contributed by atoms with Gasteiger partial charge in [0.2, 0.25) is 0 Å². The number of hydrogen-bond acceptors (Lipinski definition) is 4. The third-order valence-electron chi connectivity index (χ3n) is 8.44. The van der Waals surface area contributed by atoms with Crippen molar-refractivity contribution in [1.29, 1.82) is 0 Å². The molecule has 2 rings (SSSR count). The van der Waals surface area contributed by atoms with E-state index in [1.54, 1.807) is 46.8 Å². The number of rotatable bonds is 6. The molecule has 0 aliphatic carbocycles. The first-order valence-electron chi connectivity index (χ1n) is 12.0. The Balaban J connectivity index is 2.19. The largest absolute Gasteiger partial charge is 0.406 e. The summed E-state index contributed by atoms with van der Waals surface area (Å²) in [7, 11) is 5.38. The molecule has 0 N–H and O–H groups in total. The highest BCUT2D eigenvalue weighted by atomic mass is 19.4. The van der Waals surface area contributed by atoms with E-state index in [1.807, 2.05) is 23.6 Å². The maximum absolute atomic E-state index is 14.2. The van der Waals surface area contributed by atoms with Crippen LogP contribution in [0.15, 0.2) is 0 Å². The van der Waals surface area contributed by atoms with Crippen molar-refractivity contribution in [3.05, 3.63) is 0 Å². The van der Waals surface area contributed by atoms with Crippen LogP contribution in [0.2, 0.25) is 0 Å². The molecular weight excluding hydrogens is 458 g/mol. The Morgan fingerprint density at radius 3 is 1.53 bits per heavy atom. The molecular formula is C24H44F6N4. The Morgan fingerprint density at radius 1 is 0.735 bits per heavy atom. The van der Waals surface area contributed by atoms with Gasteiger partial charge < -0.3 is 9.80 Å². The molecule has 0 aromatic carbocycles. The van der Waals surface area contributed by atoms with Crippen LogP contribution in [-0.2, 0) is 0 Å². The summed E-state index contributed by atoms with van der Waals surface area (Å²) >= 11 is 0. The highest BCUT2D eigenvalue weighted by molar-refractivity contribution is 5.10. The number of likely N-dealkylation sites (N-methyl/N-ethyl adjacent to an activating group) is 2. The van der Waals surface area contributed by atoms with Gasteiger partial charge in [-0.2, -0.15) is 26.3 Å². The third-order valence-corrected chi connectivity index (χ3v) is 8.44.